The van der Waals surface area contributed by atoms with Crippen LogP contribution in [0.3, 0.4) is 0 Å². The van der Waals surface area contributed by atoms with Crippen LogP contribution >= 0.6 is 0 Å². The average Bonchev–Trinajstić information content (AvgIpc) is 2.85. The molecule has 1 aliphatic heterocycles. The maximum Gasteiger partial charge on any atom is 0.302 e. The van der Waals surface area contributed by atoms with Crippen molar-refractivity contribution in [2.75, 3.05) is 17.8 Å². The number of nitrogens with zero attached hydrogens (tertiary/aromatic N) is 3. The largest absolute Gasteiger partial charge is 0.409 e. The topological polar surface area (TPSA) is 137 Å². The van der Waals surface area contributed by atoms with E-state index in [0.717, 1.165) is 12.8 Å². The Morgan fingerprint density at radius 1 is 1.60 bits per heavy atom. The molecule has 1 fully saturated rings. The first-order valence-electron chi connectivity index (χ1n) is 6.23. The summed E-state index contributed by atoms with van der Waals surface area (Å²) < 4.78 is 28.2. The highest BCUT2D eigenvalue weighted by molar-refractivity contribution is 7.90. The Morgan fingerprint density at radius 3 is 2.85 bits per heavy atom. The molecule has 1 saturated heterocycles. The third-order valence-corrected chi connectivity index (χ3v) is 4.84. The molecule has 0 atom stereocenters. The van der Waals surface area contributed by atoms with Gasteiger partial charge < -0.3 is 10.9 Å². The van der Waals surface area contributed by atoms with Gasteiger partial charge in [0.2, 0.25) is 0 Å². The zero-order chi connectivity index (χ0) is 14.8. The van der Waals surface area contributed by atoms with Crippen LogP contribution in [0.2, 0.25) is 0 Å². The summed E-state index contributed by atoms with van der Waals surface area (Å²) in [4.78, 5) is 0. The van der Waals surface area contributed by atoms with Gasteiger partial charge in [0.1, 0.15) is 5.82 Å². The summed E-state index contributed by atoms with van der Waals surface area (Å²) in [5.41, 5.74) is 5.64. The lowest BCUT2D eigenvalue weighted by Gasteiger charge is -2.29. The maximum absolute atomic E-state index is 12.2. The lowest BCUT2D eigenvalue weighted by Crippen LogP contribution is -2.41. The number of aromatic amines is 1. The highest BCUT2D eigenvalue weighted by Crippen LogP contribution is 2.20. The number of hydrogen-bond donors (Lipinski definition) is 4. The number of anilines is 1. The molecule has 0 amide bonds. The number of piperidine rings is 1. The Morgan fingerprint density at radius 2 is 2.25 bits per heavy atom. The van der Waals surface area contributed by atoms with E-state index in [1.54, 1.807) is 0 Å². The van der Waals surface area contributed by atoms with Gasteiger partial charge >= 0.3 is 10.2 Å². The average molecular weight is 302 g/mol. The summed E-state index contributed by atoms with van der Waals surface area (Å²) in [7, 11) is -3.67. The van der Waals surface area contributed by atoms with E-state index >= 15 is 0 Å². The Kier molecular flexibility index (Phi) is 4.14. The lowest BCUT2D eigenvalue weighted by molar-refractivity contribution is 0.289. The standard InChI is InChI=1S/C10H18N6O3S/c1-7-2-4-16(5-3-7)20(18,19)15-10-8(6-12-13-10)9(11)14-17/h6-7,17H,2-5H2,1H3,(H2,11,14)(H2,12,13,15). The Balaban J connectivity index is 2.15. The number of rotatable bonds is 4. The van der Waals surface area contributed by atoms with Gasteiger partial charge in [0.15, 0.2) is 5.84 Å². The molecule has 0 unspecified atom stereocenters. The minimum Gasteiger partial charge on any atom is -0.409 e. The van der Waals surface area contributed by atoms with Crippen LogP contribution in [0.4, 0.5) is 5.82 Å². The van der Waals surface area contributed by atoms with E-state index < -0.39 is 10.2 Å². The molecule has 20 heavy (non-hydrogen) atoms. The molecule has 1 aliphatic rings. The Bertz CT molecular complexity index is 588. The fraction of sp³-hybridized carbons (Fsp3) is 0.600. The zero-order valence-electron chi connectivity index (χ0n) is 11.1. The SMILES string of the molecule is CC1CCN(S(=O)(=O)Nc2[nH]ncc2C(N)=NO)CC1. The summed E-state index contributed by atoms with van der Waals surface area (Å²) >= 11 is 0. The van der Waals surface area contributed by atoms with E-state index in [1.807, 2.05) is 0 Å². The monoisotopic (exact) mass is 302 g/mol. The fourth-order valence-corrected chi connectivity index (χ4v) is 3.26. The normalized spacial score (nSPS) is 19.1. The molecular formula is C10H18N6O3S. The van der Waals surface area contributed by atoms with E-state index in [1.165, 1.54) is 10.5 Å². The van der Waals surface area contributed by atoms with Gasteiger partial charge in [0.05, 0.1) is 11.8 Å². The molecular weight excluding hydrogens is 284 g/mol. The number of oxime groups is 1. The summed E-state index contributed by atoms with van der Waals surface area (Å²) in [6, 6.07) is 0. The highest BCUT2D eigenvalue weighted by atomic mass is 32.2. The van der Waals surface area contributed by atoms with Gasteiger partial charge in [-0.2, -0.15) is 17.8 Å². The number of amidine groups is 1. The van der Waals surface area contributed by atoms with Crippen molar-refractivity contribution in [1.29, 1.82) is 0 Å². The van der Waals surface area contributed by atoms with Gasteiger partial charge in [-0.25, -0.2) is 0 Å². The molecule has 1 aromatic heterocycles. The maximum atomic E-state index is 12.2. The molecule has 0 radical (unpaired) electrons. The number of hydrogen-bond acceptors (Lipinski definition) is 5. The Labute approximate surface area is 117 Å². The van der Waals surface area contributed by atoms with Crippen molar-refractivity contribution in [2.24, 2.45) is 16.8 Å². The third kappa shape index (κ3) is 3.02. The fourth-order valence-electron chi connectivity index (χ4n) is 2.03. The van der Waals surface area contributed by atoms with Gasteiger partial charge in [0.25, 0.3) is 0 Å². The number of H-pyrrole nitrogens is 1. The van der Waals surface area contributed by atoms with Gasteiger partial charge in [0, 0.05) is 13.1 Å². The minimum atomic E-state index is -3.67. The van der Waals surface area contributed by atoms with E-state index in [0.29, 0.717) is 19.0 Å². The molecule has 0 aromatic carbocycles. The van der Waals surface area contributed by atoms with Gasteiger partial charge in [-0.05, 0) is 18.8 Å². The van der Waals surface area contributed by atoms with Gasteiger partial charge in [-0.1, -0.05) is 12.1 Å². The quantitative estimate of drug-likeness (QED) is 0.266. The molecule has 1 aromatic rings. The molecule has 10 heteroatoms. The van der Waals surface area contributed by atoms with Gasteiger partial charge in [-0.15, -0.1) is 0 Å². The third-order valence-electron chi connectivity index (χ3n) is 3.34. The molecule has 5 N–H and O–H groups in total. The van der Waals surface area contributed by atoms with Crippen molar-refractivity contribution >= 4 is 21.9 Å². The van der Waals surface area contributed by atoms with Crippen LogP contribution in [0.5, 0.6) is 0 Å². The van der Waals surface area contributed by atoms with Crippen molar-refractivity contribution in [1.82, 2.24) is 14.5 Å². The number of nitrogens with one attached hydrogen (secondary N) is 2. The first-order valence-corrected chi connectivity index (χ1v) is 7.67. The van der Waals surface area contributed by atoms with Crippen molar-refractivity contribution < 1.29 is 13.6 Å². The van der Waals surface area contributed by atoms with Crippen molar-refractivity contribution in [3.05, 3.63) is 11.8 Å². The molecule has 9 nitrogen and oxygen atoms in total. The first-order chi connectivity index (χ1) is 9.44. The summed E-state index contributed by atoms with van der Waals surface area (Å²) in [6.45, 7) is 3.05. The predicted octanol–water partition coefficient (Wildman–Crippen LogP) is -0.107. The molecule has 0 spiro atoms. The lowest BCUT2D eigenvalue weighted by atomic mass is 10.0. The van der Waals surface area contributed by atoms with Crippen molar-refractivity contribution in [2.45, 2.75) is 19.8 Å². The second-order valence-corrected chi connectivity index (χ2v) is 6.50. The summed E-state index contributed by atoms with van der Waals surface area (Å²) in [6.07, 6.45) is 2.94. The number of nitrogens with two attached hydrogens (primary N) is 1. The minimum absolute atomic E-state index is 0.0823. The summed E-state index contributed by atoms with van der Waals surface area (Å²) in [5, 5.41) is 17.6. The Hall–Kier alpha value is -1.81. The van der Waals surface area contributed by atoms with Crippen LogP contribution in [0.25, 0.3) is 0 Å². The zero-order valence-corrected chi connectivity index (χ0v) is 11.9. The van der Waals surface area contributed by atoms with Gasteiger partial charge in [-0.3, -0.25) is 9.82 Å². The molecule has 0 saturated carbocycles. The second-order valence-electron chi connectivity index (χ2n) is 4.83. The molecule has 2 rings (SSSR count). The molecule has 0 bridgehead atoms. The smallest absolute Gasteiger partial charge is 0.302 e. The van der Waals surface area contributed by atoms with Crippen LogP contribution in [-0.2, 0) is 10.2 Å². The van der Waals surface area contributed by atoms with E-state index in [4.69, 9.17) is 10.9 Å². The van der Waals surface area contributed by atoms with E-state index in [2.05, 4.69) is 27.0 Å². The van der Waals surface area contributed by atoms with Crippen LogP contribution in [0.1, 0.15) is 25.3 Å². The van der Waals surface area contributed by atoms with E-state index in [-0.39, 0.29) is 17.2 Å². The molecule has 0 aliphatic carbocycles. The molecule has 112 valence electrons. The first kappa shape index (κ1) is 14.6. The second kappa shape index (κ2) is 5.67. The van der Waals surface area contributed by atoms with Crippen LogP contribution in [0, 0.1) is 5.92 Å². The highest BCUT2D eigenvalue weighted by Gasteiger charge is 2.27. The van der Waals surface area contributed by atoms with Crippen LogP contribution in [-0.4, -0.2) is 47.1 Å². The van der Waals surface area contributed by atoms with Crippen molar-refractivity contribution in [3.8, 4) is 0 Å². The van der Waals surface area contributed by atoms with Crippen LogP contribution < -0.4 is 10.5 Å². The summed E-state index contributed by atoms with van der Waals surface area (Å²) in [5.74, 6) is 0.393. The van der Waals surface area contributed by atoms with E-state index in [9.17, 15) is 8.42 Å². The van der Waals surface area contributed by atoms with Crippen LogP contribution in [0.15, 0.2) is 11.4 Å². The van der Waals surface area contributed by atoms with Crippen molar-refractivity contribution in [3.63, 3.8) is 0 Å². The molecule has 2 heterocycles. The predicted molar refractivity (Wildman–Crippen MR) is 73.6 cm³/mol. The number of aromatic nitrogens is 2.